The predicted octanol–water partition coefficient (Wildman–Crippen LogP) is 1.43. The first kappa shape index (κ1) is 9.16. The molecule has 0 saturated heterocycles. The maximum absolute atomic E-state index is 10.7. The topological polar surface area (TPSA) is 38.3 Å². The van der Waals surface area contributed by atoms with Crippen molar-refractivity contribution in [2.24, 2.45) is 5.92 Å². The molecule has 1 N–H and O–H groups in total. The van der Waals surface area contributed by atoms with Gasteiger partial charge >= 0.3 is 5.97 Å². The van der Waals surface area contributed by atoms with Crippen molar-refractivity contribution in [3.8, 4) is 0 Å². The third kappa shape index (κ3) is 3.69. The zero-order valence-corrected chi connectivity index (χ0v) is 7.64. The van der Waals surface area contributed by atoms with Crippen molar-refractivity contribution in [3.63, 3.8) is 0 Å². The molecule has 0 aliphatic rings. The number of nitrogens with one attached hydrogen (secondary N) is 1. The molecule has 9 heavy (non-hydrogen) atoms. The summed E-state index contributed by atoms with van der Waals surface area (Å²) in [7, 11) is 0. The lowest BCUT2D eigenvalue weighted by Gasteiger charge is -2.04. The summed E-state index contributed by atoms with van der Waals surface area (Å²) in [5.41, 5.74) is 0. The highest BCUT2D eigenvalue weighted by Gasteiger charge is 2.10. The van der Waals surface area contributed by atoms with E-state index in [2.05, 4.69) is 8.53 Å². The van der Waals surface area contributed by atoms with Gasteiger partial charge in [-0.2, -0.15) is 0 Å². The Morgan fingerprint density at radius 2 is 2.44 bits per heavy atom. The van der Waals surface area contributed by atoms with Gasteiger partial charge in [-0.25, -0.2) is 0 Å². The zero-order chi connectivity index (χ0) is 7.28. The van der Waals surface area contributed by atoms with E-state index in [9.17, 15) is 4.79 Å². The van der Waals surface area contributed by atoms with Crippen LogP contribution in [-0.2, 0) is 9.63 Å². The fraction of sp³-hybridized carbons (Fsp3) is 0.800. The van der Waals surface area contributed by atoms with Crippen LogP contribution in [0.1, 0.15) is 20.3 Å². The van der Waals surface area contributed by atoms with Crippen molar-refractivity contribution in [3.05, 3.63) is 0 Å². The van der Waals surface area contributed by atoms with Crippen LogP contribution in [0.2, 0.25) is 0 Å². The van der Waals surface area contributed by atoms with E-state index in [-0.39, 0.29) is 11.9 Å². The molecule has 1 atom stereocenters. The molecule has 0 saturated carbocycles. The third-order valence-corrected chi connectivity index (χ3v) is 1.37. The standard InChI is InChI=1S/C5H10INO2/c1-3-4(2)5(8)9-7-6/h4,7H,3H2,1-2H3. The Bertz CT molecular complexity index is 97.0. The van der Waals surface area contributed by atoms with Crippen LogP contribution in [0.4, 0.5) is 0 Å². The molecular weight excluding hydrogens is 233 g/mol. The molecule has 0 spiro atoms. The SMILES string of the molecule is CCC(C)C(=O)ONI. The van der Waals surface area contributed by atoms with Gasteiger partial charge in [0, 0.05) is 0 Å². The summed E-state index contributed by atoms with van der Waals surface area (Å²) < 4.78 is 2.30. The lowest BCUT2D eigenvalue weighted by molar-refractivity contribution is -0.150. The van der Waals surface area contributed by atoms with E-state index >= 15 is 0 Å². The van der Waals surface area contributed by atoms with E-state index < -0.39 is 0 Å². The van der Waals surface area contributed by atoms with E-state index in [0.29, 0.717) is 0 Å². The molecule has 0 heterocycles. The molecule has 1 unspecified atom stereocenters. The maximum Gasteiger partial charge on any atom is 0.328 e. The quantitative estimate of drug-likeness (QED) is 0.463. The molecular formula is C5H10INO2. The summed E-state index contributed by atoms with van der Waals surface area (Å²) >= 11 is 1.76. The Labute approximate surface area is 68.6 Å². The summed E-state index contributed by atoms with van der Waals surface area (Å²) in [4.78, 5) is 15.2. The average Bonchev–Trinajstić information content (AvgIpc) is 1.87. The van der Waals surface area contributed by atoms with Crippen molar-refractivity contribution in [2.75, 3.05) is 0 Å². The first-order chi connectivity index (χ1) is 4.22. The molecule has 0 aromatic rings. The molecule has 0 aliphatic heterocycles. The van der Waals surface area contributed by atoms with Crippen molar-refractivity contribution < 1.29 is 9.63 Å². The number of hydrogen-bond acceptors (Lipinski definition) is 3. The second-order valence-corrected chi connectivity index (χ2v) is 2.25. The van der Waals surface area contributed by atoms with E-state index in [1.165, 1.54) is 0 Å². The van der Waals surface area contributed by atoms with Gasteiger partial charge in [0.15, 0.2) is 0 Å². The lowest BCUT2D eigenvalue weighted by Crippen LogP contribution is -2.17. The predicted molar refractivity (Wildman–Crippen MR) is 42.7 cm³/mol. The Morgan fingerprint density at radius 3 is 2.78 bits per heavy atom. The van der Waals surface area contributed by atoms with Gasteiger partial charge in [0.2, 0.25) is 0 Å². The number of rotatable bonds is 3. The van der Waals surface area contributed by atoms with E-state index in [1.54, 1.807) is 22.9 Å². The highest BCUT2D eigenvalue weighted by Crippen LogP contribution is 2.01. The van der Waals surface area contributed by atoms with Crippen LogP contribution >= 0.6 is 22.9 Å². The largest absolute Gasteiger partial charge is 0.361 e. The summed E-state index contributed by atoms with van der Waals surface area (Å²) in [6.45, 7) is 3.77. The van der Waals surface area contributed by atoms with Crippen molar-refractivity contribution >= 4 is 28.8 Å². The molecule has 0 aromatic heterocycles. The molecule has 0 fully saturated rings. The van der Waals surface area contributed by atoms with Crippen LogP contribution in [0.15, 0.2) is 0 Å². The fourth-order valence-electron chi connectivity index (χ4n) is 0.305. The van der Waals surface area contributed by atoms with Gasteiger partial charge in [-0.15, -0.1) is 0 Å². The Kier molecular flexibility index (Phi) is 5.07. The summed E-state index contributed by atoms with van der Waals surface area (Å²) in [5, 5.41) is 0. The van der Waals surface area contributed by atoms with E-state index in [4.69, 9.17) is 0 Å². The smallest absolute Gasteiger partial charge is 0.328 e. The lowest BCUT2D eigenvalue weighted by atomic mass is 10.1. The second-order valence-electron chi connectivity index (χ2n) is 1.81. The molecule has 3 nitrogen and oxygen atoms in total. The number of halogens is 1. The van der Waals surface area contributed by atoms with E-state index in [0.717, 1.165) is 6.42 Å². The number of carbonyl (C=O) groups is 1. The fourth-order valence-corrected chi connectivity index (χ4v) is 0.522. The van der Waals surface area contributed by atoms with Gasteiger partial charge in [-0.05, 0) is 6.42 Å². The summed E-state index contributed by atoms with van der Waals surface area (Å²) in [5.74, 6) is -0.209. The summed E-state index contributed by atoms with van der Waals surface area (Å²) in [6, 6.07) is 0. The van der Waals surface area contributed by atoms with Crippen LogP contribution in [-0.4, -0.2) is 5.97 Å². The highest BCUT2D eigenvalue weighted by molar-refractivity contribution is 14.1. The minimum absolute atomic E-state index is 0.00716. The normalized spacial score (nSPS) is 12.8. The summed E-state index contributed by atoms with van der Waals surface area (Å²) in [6.07, 6.45) is 0.817. The van der Waals surface area contributed by atoms with Crippen LogP contribution in [0.25, 0.3) is 0 Å². The first-order valence-electron chi connectivity index (χ1n) is 2.78. The minimum atomic E-state index is -0.202. The molecule has 0 aliphatic carbocycles. The second kappa shape index (κ2) is 4.99. The van der Waals surface area contributed by atoms with Crippen molar-refractivity contribution in [1.29, 1.82) is 0 Å². The molecule has 0 rings (SSSR count). The van der Waals surface area contributed by atoms with Crippen LogP contribution in [0.5, 0.6) is 0 Å². The van der Waals surface area contributed by atoms with Crippen molar-refractivity contribution in [2.45, 2.75) is 20.3 Å². The zero-order valence-electron chi connectivity index (χ0n) is 5.48. The maximum atomic E-state index is 10.7. The van der Waals surface area contributed by atoms with Crippen molar-refractivity contribution in [1.82, 2.24) is 3.69 Å². The van der Waals surface area contributed by atoms with Gasteiger partial charge in [0.25, 0.3) is 0 Å². The average molecular weight is 243 g/mol. The molecule has 0 bridgehead atoms. The van der Waals surface area contributed by atoms with Gasteiger partial charge in [0.05, 0.1) is 28.8 Å². The van der Waals surface area contributed by atoms with Crippen LogP contribution in [0, 0.1) is 5.92 Å². The van der Waals surface area contributed by atoms with Gasteiger partial charge in [0.1, 0.15) is 0 Å². The van der Waals surface area contributed by atoms with Gasteiger partial charge in [-0.1, -0.05) is 17.5 Å². The third-order valence-electron chi connectivity index (χ3n) is 1.15. The molecule has 54 valence electrons. The molecule has 0 aromatic carbocycles. The van der Waals surface area contributed by atoms with E-state index in [1.807, 2.05) is 13.8 Å². The Morgan fingerprint density at radius 1 is 1.89 bits per heavy atom. The minimum Gasteiger partial charge on any atom is -0.361 e. The number of hydrogen-bond donors (Lipinski definition) is 1. The van der Waals surface area contributed by atoms with Crippen LogP contribution < -0.4 is 3.69 Å². The molecule has 0 amide bonds. The first-order valence-corrected chi connectivity index (χ1v) is 3.86. The molecule has 0 radical (unpaired) electrons. The van der Waals surface area contributed by atoms with Gasteiger partial charge in [-0.3, -0.25) is 4.79 Å². The molecule has 4 heteroatoms. The Balaban J connectivity index is 3.46. The van der Waals surface area contributed by atoms with Gasteiger partial charge < -0.3 is 4.84 Å². The highest BCUT2D eigenvalue weighted by atomic mass is 127. The Hall–Kier alpha value is 0.160. The monoisotopic (exact) mass is 243 g/mol. The van der Waals surface area contributed by atoms with Crippen LogP contribution in [0.3, 0.4) is 0 Å². The number of carbonyl (C=O) groups excluding carboxylic acids is 1.